The first kappa shape index (κ1) is 16.3. The van der Waals surface area contributed by atoms with Crippen LogP contribution in [0.3, 0.4) is 0 Å². The van der Waals surface area contributed by atoms with Gasteiger partial charge in [-0.05, 0) is 25.0 Å². The Morgan fingerprint density at radius 2 is 2.04 bits per heavy atom. The molecule has 0 spiro atoms. The number of nitrogens with zero attached hydrogens (tertiary/aromatic N) is 4. The summed E-state index contributed by atoms with van der Waals surface area (Å²) < 4.78 is 2.00. The maximum Gasteiger partial charge on any atom is 0.230 e. The lowest BCUT2D eigenvalue weighted by atomic mass is 9.95. The molecule has 2 aromatic heterocycles. The molecule has 0 aliphatic heterocycles. The lowest BCUT2D eigenvalue weighted by Gasteiger charge is -2.20. The van der Waals surface area contributed by atoms with E-state index in [4.69, 9.17) is 4.98 Å². The van der Waals surface area contributed by atoms with Crippen molar-refractivity contribution in [2.75, 3.05) is 5.75 Å². The molecule has 6 nitrogen and oxygen atoms in total. The molecule has 7 heteroatoms. The molecule has 1 N–H and O–H groups in total. The zero-order chi connectivity index (χ0) is 17.6. The Balaban J connectivity index is 1.76. The van der Waals surface area contributed by atoms with Crippen LogP contribution in [0.2, 0.25) is 0 Å². The maximum atomic E-state index is 12.0. The van der Waals surface area contributed by atoms with Gasteiger partial charge in [-0.15, -0.1) is 10.2 Å². The topological polar surface area (TPSA) is 72.2 Å². The van der Waals surface area contributed by atoms with Crippen molar-refractivity contribution in [3.05, 3.63) is 30.1 Å². The predicted molar refractivity (Wildman–Crippen MR) is 98.9 cm³/mol. The van der Waals surface area contributed by atoms with Crippen molar-refractivity contribution in [3.63, 3.8) is 0 Å². The fourth-order valence-corrected chi connectivity index (χ4v) is 3.53. The number of hydrogen-bond acceptors (Lipinski definition) is 5. The van der Waals surface area contributed by atoms with Crippen LogP contribution in [0, 0.1) is 0 Å². The number of amides is 1. The maximum absolute atomic E-state index is 12.0. The van der Waals surface area contributed by atoms with Crippen molar-refractivity contribution in [2.24, 2.45) is 0 Å². The summed E-state index contributed by atoms with van der Waals surface area (Å²) in [5.41, 5.74) is 1.53. The molecule has 25 heavy (non-hydrogen) atoms. The first-order chi connectivity index (χ1) is 11.9. The third-order valence-corrected chi connectivity index (χ3v) is 5.09. The SMILES string of the molecule is CC(C)(C)c1nc2ccccc2c2nnc(SCC(=O)NC3CC3)n12. The Hall–Kier alpha value is -2.15. The second-order valence-corrected chi connectivity index (χ2v) is 8.42. The predicted octanol–water partition coefficient (Wildman–Crippen LogP) is 2.95. The highest BCUT2D eigenvalue weighted by atomic mass is 32.2. The van der Waals surface area contributed by atoms with Crippen LogP contribution in [-0.2, 0) is 10.2 Å². The minimum atomic E-state index is -0.170. The first-order valence-corrected chi connectivity index (χ1v) is 9.48. The Kier molecular flexibility index (Phi) is 3.91. The third-order valence-electron chi connectivity index (χ3n) is 4.16. The Bertz CT molecular complexity index is 955. The molecule has 1 amide bonds. The highest BCUT2D eigenvalue weighted by Crippen LogP contribution is 2.29. The molecular weight excluding hydrogens is 334 g/mol. The van der Waals surface area contributed by atoms with Gasteiger partial charge in [-0.2, -0.15) is 0 Å². The molecule has 1 fully saturated rings. The van der Waals surface area contributed by atoms with Crippen LogP contribution in [0.25, 0.3) is 16.6 Å². The van der Waals surface area contributed by atoms with Crippen LogP contribution < -0.4 is 5.32 Å². The van der Waals surface area contributed by atoms with Crippen molar-refractivity contribution < 1.29 is 4.79 Å². The fraction of sp³-hybridized carbons (Fsp3) is 0.444. The quantitative estimate of drug-likeness (QED) is 0.729. The molecule has 1 aliphatic rings. The summed E-state index contributed by atoms with van der Waals surface area (Å²) in [6.07, 6.45) is 2.18. The van der Waals surface area contributed by atoms with Gasteiger partial charge in [0.05, 0.1) is 11.3 Å². The van der Waals surface area contributed by atoms with Crippen molar-refractivity contribution in [1.29, 1.82) is 0 Å². The average molecular weight is 355 g/mol. The van der Waals surface area contributed by atoms with Crippen LogP contribution in [0.5, 0.6) is 0 Å². The Morgan fingerprint density at radius 1 is 1.28 bits per heavy atom. The number of para-hydroxylation sites is 1. The minimum Gasteiger partial charge on any atom is -0.353 e. The van der Waals surface area contributed by atoms with Crippen molar-refractivity contribution in [2.45, 2.75) is 50.2 Å². The van der Waals surface area contributed by atoms with Gasteiger partial charge in [0.1, 0.15) is 5.82 Å². The van der Waals surface area contributed by atoms with Crippen LogP contribution in [0.1, 0.15) is 39.4 Å². The monoisotopic (exact) mass is 355 g/mol. The summed E-state index contributed by atoms with van der Waals surface area (Å²) in [7, 11) is 0. The molecule has 0 bridgehead atoms. The van der Waals surface area contributed by atoms with E-state index in [0.29, 0.717) is 17.0 Å². The fourth-order valence-electron chi connectivity index (χ4n) is 2.78. The van der Waals surface area contributed by atoms with E-state index in [1.54, 1.807) is 0 Å². The van der Waals surface area contributed by atoms with Gasteiger partial charge in [-0.3, -0.25) is 9.20 Å². The van der Waals surface area contributed by atoms with Crippen molar-refractivity contribution >= 4 is 34.2 Å². The zero-order valence-electron chi connectivity index (χ0n) is 14.6. The molecular formula is C18H21N5OS. The summed E-state index contributed by atoms with van der Waals surface area (Å²) in [5, 5.41) is 13.4. The number of aromatic nitrogens is 4. The molecule has 3 aromatic rings. The number of carbonyl (C=O) groups excluding carboxylic acids is 1. The van der Waals surface area contributed by atoms with E-state index in [9.17, 15) is 4.79 Å². The molecule has 0 atom stereocenters. The van der Waals surface area contributed by atoms with Crippen LogP contribution in [-0.4, -0.2) is 37.3 Å². The van der Waals surface area contributed by atoms with Crippen LogP contribution in [0.15, 0.2) is 29.4 Å². The Morgan fingerprint density at radius 3 is 2.76 bits per heavy atom. The van der Waals surface area contributed by atoms with Gasteiger partial charge in [0.2, 0.25) is 5.91 Å². The highest BCUT2D eigenvalue weighted by molar-refractivity contribution is 7.99. The minimum absolute atomic E-state index is 0.0512. The summed E-state index contributed by atoms with van der Waals surface area (Å²) >= 11 is 1.41. The van der Waals surface area contributed by atoms with E-state index in [1.165, 1.54) is 11.8 Å². The number of carbonyl (C=O) groups is 1. The average Bonchev–Trinajstić information content (AvgIpc) is 3.27. The smallest absolute Gasteiger partial charge is 0.230 e. The number of nitrogens with one attached hydrogen (secondary N) is 1. The van der Waals surface area contributed by atoms with Crippen LogP contribution >= 0.6 is 11.8 Å². The van der Waals surface area contributed by atoms with E-state index >= 15 is 0 Å². The number of fused-ring (bicyclic) bond motifs is 3. The van der Waals surface area contributed by atoms with Gasteiger partial charge in [0, 0.05) is 16.8 Å². The van der Waals surface area contributed by atoms with Gasteiger partial charge in [0.15, 0.2) is 10.8 Å². The number of rotatable bonds is 4. The van der Waals surface area contributed by atoms with Crippen molar-refractivity contribution in [1.82, 2.24) is 24.9 Å². The molecule has 1 aliphatic carbocycles. The van der Waals surface area contributed by atoms with Crippen molar-refractivity contribution in [3.8, 4) is 0 Å². The second kappa shape index (κ2) is 5.98. The van der Waals surface area contributed by atoms with E-state index in [2.05, 4.69) is 36.3 Å². The number of hydrogen-bond donors (Lipinski definition) is 1. The van der Waals surface area contributed by atoms with Gasteiger partial charge >= 0.3 is 0 Å². The summed E-state index contributed by atoms with van der Waals surface area (Å²) in [4.78, 5) is 16.9. The van der Waals surface area contributed by atoms with E-state index in [-0.39, 0.29) is 11.3 Å². The van der Waals surface area contributed by atoms with Gasteiger partial charge in [-0.1, -0.05) is 44.7 Å². The molecule has 4 rings (SSSR count). The van der Waals surface area contributed by atoms with E-state index in [1.807, 2.05) is 28.7 Å². The summed E-state index contributed by atoms with van der Waals surface area (Å²) in [6.45, 7) is 6.37. The molecule has 1 saturated carbocycles. The normalized spacial score (nSPS) is 15.0. The molecule has 2 heterocycles. The van der Waals surface area contributed by atoms with Gasteiger partial charge in [0.25, 0.3) is 0 Å². The second-order valence-electron chi connectivity index (χ2n) is 7.47. The highest BCUT2D eigenvalue weighted by Gasteiger charge is 2.26. The molecule has 0 radical (unpaired) electrons. The molecule has 0 saturated heterocycles. The number of benzene rings is 1. The zero-order valence-corrected chi connectivity index (χ0v) is 15.4. The third kappa shape index (κ3) is 3.20. The number of thioether (sulfide) groups is 1. The van der Waals surface area contributed by atoms with Crippen LogP contribution in [0.4, 0.5) is 0 Å². The van der Waals surface area contributed by atoms with E-state index < -0.39 is 0 Å². The standard InChI is InChI=1S/C18H21N5OS/c1-18(2,3)16-20-13-7-5-4-6-12(13)15-21-22-17(23(15)16)25-10-14(24)19-11-8-9-11/h4-7,11H,8-10H2,1-3H3,(H,19,24). The lowest BCUT2D eigenvalue weighted by molar-refractivity contribution is -0.118. The largest absolute Gasteiger partial charge is 0.353 e. The molecule has 1 aromatic carbocycles. The summed E-state index contributed by atoms with van der Waals surface area (Å²) in [5.74, 6) is 1.29. The first-order valence-electron chi connectivity index (χ1n) is 8.50. The van der Waals surface area contributed by atoms with E-state index in [0.717, 1.165) is 35.2 Å². The molecule has 0 unspecified atom stereocenters. The lowest BCUT2D eigenvalue weighted by Crippen LogP contribution is -2.27. The Labute approximate surface area is 150 Å². The van der Waals surface area contributed by atoms with Gasteiger partial charge < -0.3 is 5.32 Å². The summed E-state index contributed by atoms with van der Waals surface area (Å²) in [6, 6.07) is 8.33. The molecule has 130 valence electrons. The van der Waals surface area contributed by atoms with Gasteiger partial charge in [-0.25, -0.2) is 4.98 Å².